The third-order valence-electron chi connectivity index (χ3n) is 4.52. The Balaban J connectivity index is 1.62. The van der Waals surface area contributed by atoms with E-state index in [1.165, 1.54) is 4.90 Å². The van der Waals surface area contributed by atoms with Crippen LogP contribution in [0.25, 0.3) is 10.9 Å². The molecule has 5 nitrogen and oxygen atoms in total. The zero-order valence-corrected chi connectivity index (χ0v) is 15.1. The first-order chi connectivity index (χ1) is 12.1. The van der Waals surface area contributed by atoms with Gasteiger partial charge in [0, 0.05) is 17.4 Å². The maximum Gasteiger partial charge on any atom is 0.261 e. The van der Waals surface area contributed by atoms with E-state index in [2.05, 4.69) is 20.9 Å². The van der Waals surface area contributed by atoms with Gasteiger partial charge in [-0.3, -0.25) is 14.5 Å². The third kappa shape index (κ3) is 2.53. The fourth-order valence-corrected chi connectivity index (χ4v) is 3.86. The largest absolute Gasteiger partial charge is 0.497 e. The van der Waals surface area contributed by atoms with Gasteiger partial charge in [-0.05, 0) is 58.2 Å². The van der Waals surface area contributed by atoms with Gasteiger partial charge in [-0.1, -0.05) is 12.1 Å². The van der Waals surface area contributed by atoms with Gasteiger partial charge in [0.25, 0.3) is 11.8 Å². The number of fused-ring (bicyclic) bond motifs is 2. The molecule has 1 aromatic heterocycles. The Bertz CT molecular complexity index is 974. The molecule has 2 aromatic carbocycles. The van der Waals surface area contributed by atoms with E-state index in [-0.39, 0.29) is 11.8 Å². The molecule has 0 fully saturated rings. The molecular weight excluding hydrogens is 384 g/mol. The molecule has 1 aliphatic rings. The maximum absolute atomic E-state index is 12.5. The molecule has 1 aliphatic heterocycles. The number of aromatic nitrogens is 1. The quantitative estimate of drug-likeness (QED) is 0.680. The highest BCUT2D eigenvalue weighted by Crippen LogP contribution is 2.31. The zero-order valence-electron chi connectivity index (χ0n) is 13.5. The highest BCUT2D eigenvalue weighted by atomic mass is 79.9. The van der Waals surface area contributed by atoms with Crippen LogP contribution >= 0.6 is 15.9 Å². The van der Waals surface area contributed by atoms with Crippen molar-refractivity contribution >= 4 is 38.6 Å². The second-order valence-electron chi connectivity index (χ2n) is 5.89. The van der Waals surface area contributed by atoms with E-state index in [1.54, 1.807) is 31.4 Å². The Morgan fingerprint density at radius 2 is 1.76 bits per heavy atom. The lowest BCUT2D eigenvalue weighted by Crippen LogP contribution is -2.31. The maximum atomic E-state index is 12.5. The lowest BCUT2D eigenvalue weighted by molar-refractivity contribution is 0.0656. The minimum absolute atomic E-state index is 0.228. The summed E-state index contributed by atoms with van der Waals surface area (Å²) in [7, 11) is 1.63. The molecule has 0 atom stereocenters. The van der Waals surface area contributed by atoms with Crippen LogP contribution in [0.4, 0.5) is 0 Å². The monoisotopic (exact) mass is 398 g/mol. The molecule has 3 aromatic rings. The van der Waals surface area contributed by atoms with Crippen molar-refractivity contribution in [3.63, 3.8) is 0 Å². The molecule has 0 aliphatic carbocycles. The van der Waals surface area contributed by atoms with Gasteiger partial charge >= 0.3 is 0 Å². The topological polar surface area (TPSA) is 62.4 Å². The first-order valence-electron chi connectivity index (χ1n) is 7.89. The Morgan fingerprint density at radius 3 is 2.40 bits per heavy atom. The Labute approximate surface area is 152 Å². The van der Waals surface area contributed by atoms with Crippen LogP contribution in [0.3, 0.4) is 0 Å². The van der Waals surface area contributed by atoms with Crippen molar-refractivity contribution in [2.45, 2.75) is 6.42 Å². The molecule has 25 heavy (non-hydrogen) atoms. The Kier molecular flexibility index (Phi) is 3.84. The molecule has 0 unspecified atom stereocenters. The number of H-pyrrole nitrogens is 1. The Hall–Kier alpha value is -2.60. The lowest BCUT2D eigenvalue weighted by Gasteiger charge is -2.13. The van der Waals surface area contributed by atoms with Gasteiger partial charge in [0.2, 0.25) is 0 Å². The zero-order chi connectivity index (χ0) is 17.6. The molecule has 0 saturated heterocycles. The second-order valence-corrected chi connectivity index (χ2v) is 6.68. The van der Waals surface area contributed by atoms with Gasteiger partial charge < -0.3 is 9.72 Å². The van der Waals surface area contributed by atoms with Crippen molar-refractivity contribution in [2.24, 2.45) is 0 Å². The number of hydrogen-bond donors (Lipinski definition) is 1. The van der Waals surface area contributed by atoms with Gasteiger partial charge in [0.1, 0.15) is 5.75 Å². The number of aromatic amines is 1. The van der Waals surface area contributed by atoms with E-state index in [0.717, 1.165) is 26.8 Å². The number of amides is 2. The summed E-state index contributed by atoms with van der Waals surface area (Å²) < 4.78 is 6.15. The first kappa shape index (κ1) is 15.9. The number of rotatable bonds is 4. The summed E-state index contributed by atoms with van der Waals surface area (Å²) >= 11 is 3.54. The summed E-state index contributed by atoms with van der Waals surface area (Å²) in [6, 6.07) is 12.7. The van der Waals surface area contributed by atoms with Crippen LogP contribution in [0.5, 0.6) is 5.75 Å². The van der Waals surface area contributed by atoms with Crippen LogP contribution in [-0.2, 0) is 6.42 Å². The lowest BCUT2D eigenvalue weighted by atomic mass is 10.1. The average Bonchev–Trinajstić information content (AvgIpc) is 3.07. The van der Waals surface area contributed by atoms with Crippen LogP contribution in [0.1, 0.15) is 26.3 Å². The number of ether oxygens (including phenoxy) is 1. The van der Waals surface area contributed by atoms with Crippen molar-refractivity contribution < 1.29 is 14.3 Å². The average molecular weight is 399 g/mol. The number of nitrogens with one attached hydrogen (secondary N) is 1. The van der Waals surface area contributed by atoms with Gasteiger partial charge in [-0.2, -0.15) is 0 Å². The van der Waals surface area contributed by atoms with Crippen LogP contribution in [0.2, 0.25) is 0 Å². The van der Waals surface area contributed by atoms with E-state index in [0.29, 0.717) is 24.1 Å². The number of nitrogens with zero attached hydrogens (tertiary/aromatic N) is 1. The van der Waals surface area contributed by atoms with E-state index >= 15 is 0 Å². The van der Waals surface area contributed by atoms with Crippen molar-refractivity contribution in [3.05, 3.63) is 63.8 Å². The third-order valence-corrected chi connectivity index (χ3v) is 5.20. The smallest absolute Gasteiger partial charge is 0.261 e. The normalized spacial score (nSPS) is 13.6. The summed E-state index contributed by atoms with van der Waals surface area (Å²) in [4.78, 5) is 29.5. The van der Waals surface area contributed by atoms with Gasteiger partial charge in [0.15, 0.2) is 0 Å². The first-order valence-corrected chi connectivity index (χ1v) is 8.68. The molecule has 126 valence electrons. The standard InChI is InChI=1S/C19H15BrN2O3/c1-25-11-6-7-16-15(10-11)12(17(20)21-16)8-9-22-18(23)13-4-2-3-5-14(13)19(22)24/h2-7,10,21H,8-9H2,1H3. The predicted molar refractivity (Wildman–Crippen MR) is 98.1 cm³/mol. The summed E-state index contributed by atoms with van der Waals surface area (Å²) in [5.41, 5.74) is 2.95. The number of halogens is 1. The number of carbonyl (C=O) groups is 2. The van der Waals surface area contributed by atoms with E-state index < -0.39 is 0 Å². The number of carbonyl (C=O) groups excluding carboxylic acids is 2. The molecule has 0 saturated carbocycles. The number of hydrogen-bond acceptors (Lipinski definition) is 3. The molecule has 4 rings (SSSR count). The summed E-state index contributed by atoms with van der Waals surface area (Å²) in [5, 5.41) is 1.02. The Morgan fingerprint density at radius 1 is 1.08 bits per heavy atom. The van der Waals surface area contributed by atoms with Crippen molar-refractivity contribution in [1.82, 2.24) is 9.88 Å². The minimum Gasteiger partial charge on any atom is -0.497 e. The van der Waals surface area contributed by atoms with Gasteiger partial charge in [-0.25, -0.2) is 0 Å². The van der Waals surface area contributed by atoms with Crippen molar-refractivity contribution in [2.75, 3.05) is 13.7 Å². The van der Waals surface area contributed by atoms with E-state index in [9.17, 15) is 9.59 Å². The fraction of sp³-hybridized carbons (Fsp3) is 0.158. The van der Waals surface area contributed by atoms with Crippen molar-refractivity contribution in [3.8, 4) is 5.75 Å². The second kappa shape index (κ2) is 6.04. The van der Waals surface area contributed by atoms with E-state index in [4.69, 9.17) is 4.74 Å². The highest BCUT2D eigenvalue weighted by molar-refractivity contribution is 9.10. The molecule has 2 heterocycles. The minimum atomic E-state index is -0.228. The van der Waals surface area contributed by atoms with Crippen LogP contribution < -0.4 is 4.74 Å². The molecule has 2 amide bonds. The molecular formula is C19H15BrN2O3. The molecule has 1 N–H and O–H groups in total. The van der Waals surface area contributed by atoms with Crippen LogP contribution in [0, 0.1) is 0 Å². The molecule has 6 heteroatoms. The predicted octanol–water partition coefficient (Wildman–Crippen LogP) is 3.78. The van der Waals surface area contributed by atoms with Crippen LogP contribution in [-0.4, -0.2) is 35.4 Å². The number of benzene rings is 2. The van der Waals surface area contributed by atoms with Gasteiger partial charge in [0.05, 0.1) is 22.8 Å². The summed E-state index contributed by atoms with van der Waals surface area (Å²) in [5.74, 6) is 0.310. The summed E-state index contributed by atoms with van der Waals surface area (Å²) in [6.45, 7) is 0.328. The molecule has 0 radical (unpaired) electrons. The highest BCUT2D eigenvalue weighted by Gasteiger charge is 2.34. The van der Waals surface area contributed by atoms with Crippen LogP contribution in [0.15, 0.2) is 47.1 Å². The fourth-order valence-electron chi connectivity index (χ4n) is 3.23. The molecule has 0 spiro atoms. The van der Waals surface area contributed by atoms with Gasteiger partial charge in [-0.15, -0.1) is 0 Å². The SMILES string of the molecule is COc1ccc2[nH]c(Br)c(CCN3C(=O)c4ccccc4C3=O)c2c1. The van der Waals surface area contributed by atoms with E-state index in [1.807, 2.05) is 18.2 Å². The molecule has 0 bridgehead atoms. The summed E-state index contributed by atoms with van der Waals surface area (Å²) in [6.07, 6.45) is 0.555. The number of imide groups is 1. The van der Waals surface area contributed by atoms with Crippen molar-refractivity contribution in [1.29, 1.82) is 0 Å². The number of methoxy groups -OCH3 is 1.